The molecular weight excluding hydrogens is 430 g/mol. The minimum atomic E-state index is -4.34. The second kappa shape index (κ2) is 8.64. The van der Waals surface area contributed by atoms with E-state index in [1.807, 2.05) is 0 Å². The van der Waals surface area contributed by atoms with Crippen molar-refractivity contribution in [3.63, 3.8) is 0 Å². The first-order valence-electron chi connectivity index (χ1n) is 9.67. The molecule has 1 saturated heterocycles. The second-order valence-electron chi connectivity index (χ2n) is 7.02. The maximum absolute atomic E-state index is 13.9. The van der Waals surface area contributed by atoms with Gasteiger partial charge in [0.2, 0.25) is 15.9 Å². The lowest BCUT2D eigenvalue weighted by atomic mass is 10.1. The highest BCUT2D eigenvalue weighted by Crippen LogP contribution is 2.31. The van der Waals surface area contributed by atoms with E-state index in [4.69, 9.17) is 9.47 Å². The molecule has 2 aliphatic heterocycles. The predicted octanol–water partition coefficient (Wildman–Crippen LogP) is 2.28. The van der Waals surface area contributed by atoms with Gasteiger partial charge in [0, 0.05) is 32.3 Å². The number of hydrogen-bond acceptors (Lipinski definition) is 5. The molecule has 4 rings (SSSR count). The normalized spacial score (nSPS) is 17.2. The van der Waals surface area contributed by atoms with E-state index in [0.717, 1.165) is 28.1 Å². The van der Waals surface area contributed by atoms with Gasteiger partial charge in [-0.15, -0.1) is 0 Å². The van der Waals surface area contributed by atoms with Crippen LogP contribution >= 0.6 is 0 Å². The summed E-state index contributed by atoms with van der Waals surface area (Å²) in [6.45, 7) is 1.06. The maximum atomic E-state index is 13.9. The Bertz CT molecular complexity index is 1110. The molecule has 0 aliphatic carbocycles. The topological polar surface area (TPSA) is 76.2 Å². The summed E-state index contributed by atoms with van der Waals surface area (Å²) in [4.78, 5) is 13.0. The van der Waals surface area contributed by atoms with Gasteiger partial charge in [-0.25, -0.2) is 17.2 Å². The number of hydrogen-bond donors (Lipinski definition) is 0. The number of fused-ring (bicyclic) bond motifs is 1. The molecule has 2 heterocycles. The highest BCUT2D eigenvalue weighted by molar-refractivity contribution is 7.89. The molecule has 31 heavy (non-hydrogen) atoms. The minimum absolute atomic E-state index is 0.0558. The summed E-state index contributed by atoms with van der Waals surface area (Å²) in [7, 11) is -4.34. The van der Waals surface area contributed by atoms with Crippen molar-refractivity contribution in [2.45, 2.75) is 4.90 Å². The Morgan fingerprint density at radius 3 is 2.26 bits per heavy atom. The van der Waals surface area contributed by atoms with Gasteiger partial charge in [-0.05, 0) is 35.9 Å². The summed E-state index contributed by atoms with van der Waals surface area (Å²) < 4.78 is 65.1. The summed E-state index contributed by atoms with van der Waals surface area (Å²) >= 11 is 0. The average molecular weight is 450 g/mol. The van der Waals surface area contributed by atoms with Crippen molar-refractivity contribution >= 4 is 22.0 Å². The van der Waals surface area contributed by atoms with Crippen molar-refractivity contribution in [1.29, 1.82) is 0 Å². The van der Waals surface area contributed by atoms with Crippen LogP contribution in [0.25, 0.3) is 6.08 Å². The van der Waals surface area contributed by atoms with Crippen molar-refractivity contribution in [3.05, 3.63) is 59.7 Å². The number of amides is 1. The molecule has 0 spiro atoms. The molecule has 164 valence electrons. The standard InChI is InChI=1S/C21H20F2N2O5S/c22-16-2-1-3-17(23)21(16)31(27,28)25-10-8-24(9-11-25)20(26)7-5-15-4-6-18-19(14-15)30-13-12-29-18/h1-7,14H,8-13H2. The molecule has 2 aromatic carbocycles. The highest BCUT2D eigenvalue weighted by Gasteiger charge is 2.33. The van der Waals surface area contributed by atoms with Gasteiger partial charge in [-0.2, -0.15) is 4.31 Å². The number of halogens is 2. The van der Waals surface area contributed by atoms with E-state index in [2.05, 4.69) is 0 Å². The molecule has 0 atom stereocenters. The SMILES string of the molecule is O=C(C=Cc1ccc2c(c1)OCCO2)N1CCN(S(=O)(=O)c2c(F)cccc2F)CC1. The predicted molar refractivity (Wildman–Crippen MR) is 108 cm³/mol. The molecule has 0 saturated carbocycles. The quantitative estimate of drug-likeness (QED) is 0.668. The van der Waals surface area contributed by atoms with Crippen LogP contribution in [-0.2, 0) is 14.8 Å². The van der Waals surface area contributed by atoms with Crippen molar-refractivity contribution in [3.8, 4) is 11.5 Å². The number of sulfonamides is 1. The third-order valence-electron chi connectivity index (χ3n) is 5.05. The Labute approximate surface area is 178 Å². The zero-order valence-corrected chi connectivity index (χ0v) is 17.3. The van der Waals surface area contributed by atoms with Crippen LogP contribution in [0.4, 0.5) is 8.78 Å². The lowest BCUT2D eigenvalue weighted by Gasteiger charge is -2.33. The van der Waals surface area contributed by atoms with Crippen molar-refractivity contribution in [2.75, 3.05) is 39.4 Å². The third kappa shape index (κ3) is 4.40. The number of piperazine rings is 1. The Hall–Kier alpha value is -2.98. The van der Waals surface area contributed by atoms with Gasteiger partial charge in [0.05, 0.1) is 0 Å². The number of ether oxygens (including phenoxy) is 2. The summed E-state index contributed by atoms with van der Waals surface area (Å²) in [6, 6.07) is 8.24. The fraction of sp³-hybridized carbons (Fsp3) is 0.286. The van der Waals surface area contributed by atoms with Crippen LogP contribution in [0.2, 0.25) is 0 Å². The summed E-state index contributed by atoms with van der Waals surface area (Å²) in [5, 5.41) is 0. The molecule has 1 amide bonds. The maximum Gasteiger partial charge on any atom is 0.249 e. The smallest absolute Gasteiger partial charge is 0.249 e. The van der Waals surface area contributed by atoms with Gasteiger partial charge >= 0.3 is 0 Å². The monoisotopic (exact) mass is 450 g/mol. The fourth-order valence-electron chi connectivity index (χ4n) is 3.44. The minimum Gasteiger partial charge on any atom is -0.486 e. The lowest BCUT2D eigenvalue weighted by Crippen LogP contribution is -2.50. The van der Waals surface area contributed by atoms with Gasteiger partial charge < -0.3 is 14.4 Å². The lowest BCUT2D eigenvalue weighted by molar-refractivity contribution is -0.127. The van der Waals surface area contributed by atoms with Crippen molar-refractivity contribution in [1.82, 2.24) is 9.21 Å². The number of rotatable bonds is 4. The van der Waals surface area contributed by atoms with Gasteiger partial charge in [0.25, 0.3) is 0 Å². The summed E-state index contributed by atoms with van der Waals surface area (Å²) in [6.07, 6.45) is 3.03. The van der Waals surface area contributed by atoms with Crippen LogP contribution in [0.3, 0.4) is 0 Å². The molecule has 10 heteroatoms. The Morgan fingerprint density at radius 2 is 1.58 bits per heavy atom. The Balaban J connectivity index is 1.39. The second-order valence-corrected chi connectivity index (χ2v) is 8.89. The molecule has 0 bridgehead atoms. The fourth-order valence-corrected chi connectivity index (χ4v) is 4.97. The Morgan fingerprint density at radius 1 is 0.935 bits per heavy atom. The van der Waals surface area contributed by atoms with Crippen molar-refractivity contribution in [2.24, 2.45) is 0 Å². The third-order valence-corrected chi connectivity index (χ3v) is 7.00. The van der Waals surface area contributed by atoms with Crippen LogP contribution in [0, 0.1) is 11.6 Å². The largest absolute Gasteiger partial charge is 0.486 e. The molecule has 0 radical (unpaired) electrons. The van der Waals surface area contributed by atoms with Gasteiger partial charge in [0.1, 0.15) is 24.8 Å². The van der Waals surface area contributed by atoms with E-state index in [0.29, 0.717) is 24.7 Å². The molecule has 2 aliphatic rings. The number of carbonyl (C=O) groups excluding carboxylic acids is 1. The van der Waals surface area contributed by atoms with E-state index >= 15 is 0 Å². The van der Waals surface area contributed by atoms with E-state index in [-0.39, 0.29) is 32.1 Å². The average Bonchev–Trinajstić information content (AvgIpc) is 2.77. The van der Waals surface area contributed by atoms with Gasteiger partial charge in [-0.1, -0.05) is 12.1 Å². The van der Waals surface area contributed by atoms with Crippen LogP contribution in [0.15, 0.2) is 47.4 Å². The highest BCUT2D eigenvalue weighted by atomic mass is 32.2. The van der Waals surface area contributed by atoms with Crippen LogP contribution in [-0.4, -0.2) is 62.9 Å². The molecule has 2 aromatic rings. The first-order valence-corrected chi connectivity index (χ1v) is 11.1. The first kappa shape index (κ1) is 21.3. The number of benzene rings is 2. The van der Waals surface area contributed by atoms with Gasteiger partial charge in [0.15, 0.2) is 16.4 Å². The van der Waals surface area contributed by atoms with E-state index in [1.54, 1.807) is 24.3 Å². The van der Waals surface area contributed by atoms with E-state index in [9.17, 15) is 22.0 Å². The molecule has 0 unspecified atom stereocenters. The molecule has 7 nitrogen and oxygen atoms in total. The van der Waals surface area contributed by atoms with Gasteiger partial charge in [-0.3, -0.25) is 4.79 Å². The summed E-state index contributed by atoms with van der Waals surface area (Å²) in [5.41, 5.74) is 0.758. The molecule has 0 N–H and O–H groups in total. The zero-order chi connectivity index (χ0) is 22.0. The van der Waals surface area contributed by atoms with E-state index < -0.39 is 26.6 Å². The first-order chi connectivity index (χ1) is 14.9. The van der Waals surface area contributed by atoms with Crippen LogP contribution in [0.1, 0.15) is 5.56 Å². The van der Waals surface area contributed by atoms with E-state index in [1.165, 1.54) is 11.0 Å². The van der Waals surface area contributed by atoms with Crippen molar-refractivity contribution < 1.29 is 31.5 Å². The summed E-state index contributed by atoms with van der Waals surface area (Å²) in [5.74, 6) is -1.30. The molecule has 1 fully saturated rings. The van der Waals surface area contributed by atoms with Crippen LogP contribution in [0.5, 0.6) is 11.5 Å². The Kier molecular flexibility index (Phi) is 5.92. The number of nitrogens with zero attached hydrogens (tertiary/aromatic N) is 2. The number of carbonyl (C=O) groups is 1. The van der Waals surface area contributed by atoms with Crippen LogP contribution < -0.4 is 9.47 Å². The zero-order valence-electron chi connectivity index (χ0n) is 16.5. The molecular formula is C21H20F2N2O5S. The molecule has 0 aromatic heterocycles.